The molecule has 2 rings (SSSR count). The summed E-state index contributed by atoms with van der Waals surface area (Å²) in [5.74, 6) is 0. The molecule has 2 aromatic carbocycles. The van der Waals surface area contributed by atoms with Gasteiger partial charge in [-0.3, -0.25) is 0 Å². The maximum absolute atomic E-state index is 2.28. The van der Waals surface area contributed by atoms with E-state index >= 15 is 0 Å². The van der Waals surface area contributed by atoms with Gasteiger partial charge in [0.2, 0.25) is 0 Å². The third-order valence-electron chi connectivity index (χ3n) is 2.34. The molecule has 0 saturated heterocycles. The van der Waals surface area contributed by atoms with Crippen molar-refractivity contribution in [3.05, 3.63) is 59.7 Å². The molecule has 2 heteroatoms. The Kier molecular flexibility index (Phi) is 3.73. The van der Waals surface area contributed by atoms with Crippen LogP contribution in [0, 0.1) is 0 Å². The molecule has 0 radical (unpaired) electrons. The van der Waals surface area contributed by atoms with E-state index in [9.17, 15) is 0 Å². The van der Waals surface area contributed by atoms with E-state index in [0.717, 1.165) is 6.42 Å². The average Bonchev–Trinajstić information content (AvgIpc) is 2.22. The Balaban J connectivity index is 2.18. The van der Waals surface area contributed by atoms with E-state index in [2.05, 4.69) is 48.5 Å². The molecule has 2 aromatic rings. The molecule has 0 aliphatic rings. The summed E-state index contributed by atoms with van der Waals surface area (Å²) in [7, 11) is 0. The van der Waals surface area contributed by atoms with Gasteiger partial charge in [-0.05, 0) is 0 Å². The fourth-order valence-electron chi connectivity index (χ4n) is 1.57. The van der Waals surface area contributed by atoms with Crippen LogP contribution in [0.15, 0.2) is 48.5 Å². The number of hydrogen-bond acceptors (Lipinski definition) is 0. The van der Waals surface area contributed by atoms with Crippen LogP contribution in [0.4, 0.5) is 0 Å². The SMILES string of the molecule is [AsH2]c1ccc(Cc2cccc([AsH2])c2)cc1. The maximum atomic E-state index is 2.28. The van der Waals surface area contributed by atoms with Gasteiger partial charge in [0.05, 0.1) is 0 Å². The Hall–Kier alpha value is -0.443. The summed E-state index contributed by atoms with van der Waals surface area (Å²) in [6.07, 6.45) is 1.05. The molecule has 0 aliphatic heterocycles. The van der Waals surface area contributed by atoms with Crippen LogP contribution in [-0.4, -0.2) is 33.7 Å². The normalized spacial score (nSPS) is 10.3. The summed E-state index contributed by atoms with van der Waals surface area (Å²) in [6.45, 7) is 0. The molecule has 0 N–H and O–H groups in total. The molecular formula is C13H14As2. The van der Waals surface area contributed by atoms with E-state index in [1.54, 1.807) is 33.7 Å². The standard InChI is InChI=1S/C13H14As2/c14-12-6-4-10(5-7-12)8-11-2-1-3-13(15)9-11/h1-7,9H,8,14-15H2. The van der Waals surface area contributed by atoms with E-state index < -0.39 is 0 Å². The van der Waals surface area contributed by atoms with Gasteiger partial charge in [-0.25, -0.2) is 0 Å². The third kappa shape index (κ3) is 3.26. The van der Waals surface area contributed by atoms with Crippen LogP contribution in [0.1, 0.15) is 11.1 Å². The topological polar surface area (TPSA) is 0 Å². The van der Waals surface area contributed by atoms with Crippen LogP contribution >= 0.6 is 0 Å². The van der Waals surface area contributed by atoms with Crippen molar-refractivity contribution >= 4 is 42.4 Å². The van der Waals surface area contributed by atoms with Crippen LogP contribution in [0.2, 0.25) is 0 Å². The second-order valence-corrected chi connectivity index (χ2v) is 6.46. The summed E-state index contributed by atoms with van der Waals surface area (Å²) in [6, 6.07) is 17.7. The predicted octanol–water partition coefficient (Wildman–Crippen LogP) is -0.206. The van der Waals surface area contributed by atoms with E-state index in [-0.39, 0.29) is 0 Å². The Labute approximate surface area is 108 Å². The third-order valence-corrected chi connectivity index (χ3v) is 3.90. The average molecular weight is 320 g/mol. The zero-order valence-electron chi connectivity index (χ0n) is 8.48. The Bertz CT molecular complexity index is 446. The van der Waals surface area contributed by atoms with Crippen molar-refractivity contribution in [1.29, 1.82) is 0 Å². The summed E-state index contributed by atoms with van der Waals surface area (Å²) in [5, 5.41) is 0. The minimum atomic E-state index is 1.05. The molecule has 0 amide bonds. The van der Waals surface area contributed by atoms with E-state index in [1.807, 2.05) is 0 Å². The van der Waals surface area contributed by atoms with Crippen LogP contribution in [0.25, 0.3) is 0 Å². The van der Waals surface area contributed by atoms with Gasteiger partial charge in [-0.2, -0.15) is 0 Å². The van der Waals surface area contributed by atoms with Crippen LogP contribution in [-0.2, 0) is 6.42 Å². The van der Waals surface area contributed by atoms with Gasteiger partial charge < -0.3 is 0 Å². The first-order chi connectivity index (χ1) is 7.24. The molecule has 0 bridgehead atoms. The Morgan fingerprint density at radius 3 is 2.13 bits per heavy atom. The molecule has 2 unspecified atom stereocenters. The van der Waals surface area contributed by atoms with Crippen LogP contribution < -0.4 is 8.70 Å². The van der Waals surface area contributed by atoms with Crippen molar-refractivity contribution in [2.24, 2.45) is 0 Å². The molecule has 0 saturated carbocycles. The fraction of sp³-hybridized carbons (Fsp3) is 0.0769. The summed E-state index contributed by atoms with van der Waals surface area (Å²) >= 11 is 3.37. The van der Waals surface area contributed by atoms with E-state index in [1.165, 1.54) is 19.8 Å². The molecule has 0 nitrogen and oxygen atoms in total. The first-order valence-electron chi connectivity index (χ1n) is 4.93. The van der Waals surface area contributed by atoms with Gasteiger partial charge in [-0.15, -0.1) is 0 Å². The van der Waals surface area contributed by atoms with E-state index in [0.29, 0.717) is 0 Å². The van der Waals surface area contributed by atoms with Crippen LogP contribution in [0.3, 0.4) is 0 Å². The van der Waals surface area contributed by atoms with Gasteiger partial charge in [0.15, 0.2) is 0 Å². The van der Waals surface area contributed by atoms with Crippen molar-refractivity contribution in [1.82, 2.24) is 0 Å². The summed E-state index contributed by atoms with van der Waals surface area (Å²) in [5.41, 5.74) is 2.81. The number of rotatable bonds is 2. The molecule has 0 fully saturated rings. The van der Waals surface area contributed by atoms with Crippen molar-refractivity contribution in [3.8, 4) is 0 Å². The predicted molar refractivity (Wildman–Crippen MR) is 72.0 cm³/mol. The quantitative estimate of drug-likeness (QED) is 0.672. The van der Waals surface area contributed by atoms with Gasteiger partial charge in [0.25, 0.3) is 0 Å². The second-order valence-electron chi connectivity index (χ2n) is 3.66. The second kappa shape index (κ2) is 5.06. The number of hydrogen-bond donors (Lipinski definition) is 0. The van der Waals surface area contributed by atoms with Crippen molar-refractivity contribution < 1.29 is 0 Å². The summed E-state index contributed by atoms with van der Waals surface area (Å²) in [4.78, 5) is 0. The van der Waals surface area contributed by atoms with Gasteiger partial charge in [0.1, 0.15) is 0 Å². The number of benzene rings is 2. The fourth-order valence-corrected chi connectivity index (χ4v) is 2.66. The van der Waals surface area contributed by atoms with Gasteiger partial charge in [-0.1, -0.05) is 0 Å². The Morgan fingerprint density at radius 1 is 0.733 bits per heavy atom. The molecular weight excluding hydrogens is 306 g/mol. The monoisotopic (exact) mass is 320 g/mol. The zero-order valence-corrected chi connectivity index (χ0v) is 13.3. The molecule has 76 valence electrons. The van der Waals surface area contributed by atoms with Crippen LogP contribution in [0.5, 0.6) is 0 Å². The van der Waals surface area contributed by atoms with Crippen molar-refractivity contribution in [3.63, 3.8) is 0 Å². The van der Waals surface area contributed by atoms with Crippen molar-refractivity contribution in [2.45, 2.75) is 6.42 Å². The Morgan fingerprint density at radius 2 is 1.47 bits per heavy atom. The van der Waals surface area contributed by atoms with E-state index in [4.69, 9.17) is 0 Å². The van der Waals surface area contributed by atoms with Crippen molar-refractivity contribution in [2.75, 3.05) is 0 Å². The summed E-state index contributed by atoms with van der Waals surface area (Å²) < 4.78 is 2.79. The molecule has 0 aromatic heterocycles. The molecule has 0 aliphatic carbocycles. The molecule has 0 heterocycles. The van der Waals surface area contributed by atoms with Gasteiger partial charge >= 0.3 is 108 Å². The minimum absolute atomic E-state index is 1.05. The molecule has 0 spiro atoms. The molecule has 2 atom stereocenters. The van der Waals surface area contributed by atoms with Gasteiger partial charge in [0, 0.05) is 0 Å². The first-order valence-corrected chi connectivity index (χ1v) is 7.35. The zero-order chi connectivity index (χ0) is 10.7. The first kappa shape index (κ1) is 11.1. The molecule has 15 heavy (non-hydrogen) atoms.